The van der Waals surface area contributed by atoms with Gasteiger partial charge in [-0.1, -0.05) is 18.7 Å². The Morgan fingerprint density at radius 1 is 0.953 bits per heavy atom. The van der Waals surface area contributed by atoms with Crippen LogP contribution < -0.4 is 10.6 Å². The second-order valence-corrected chi connectivity index (χ2v) is 11.6. The molecule has 3 aromatic carbocycles. The van der Waals surface area contributed by atoms with Crippen LogP contribution in [0.15, 0.2) is 102 Å². The average Bonchev–Trinajstić information content (AvgIpc) is 3.36. The van der Waals surface area contributed by atoms with Gasteiger partial charge in [-0.2, -0.15) is 21.6 Å². The average molecular weight is 628 g/mol. The molecule has 13 heteroatoms. The second kappa shape index (κ2) is 12.3. The summed E-state index contributed by atoms with van der Waals surface area (Å²) in [5, 5.41) is 5.85. The molecule has 0 saturated carbocycles. The van der Waals surface area contributed by atoms with E-state index in [0.29, 0.717) is 43.8 Å². The highest BCUT2D eigenvalue weighted by molar-refractivity contribution is 7.86. The minimum absolute atomic E-state index is 0.00417. The molecular formula is C30H24F3N3O5S2. The molecule has 2 amide bonds. The Bertz CT molecular complexity index is 1890. The summed E-state index contributed by atoms with van der Waals surface area (Å²) in [7, 11) is -4.44. The summed E-state index contributed by atoms with van der Waals surface area (Å²) in [6.07, 6.45) is -1.50. The van der Waals surface area contributed by atoms with Crippen molar-refractivity contribution >= 4 is 54.9 Å². The van der Waals surface area contributed by atoms with E-state index in [4.69, 9.17) is 0 Å². The quantitative estimate of drug-likeness (QED) is 0.107. The van der Waals surface area contributed by atoms with Crippen molar-refractivity contribution in [3.63, 3.8) is 0 Å². The van der Waals surface area contributed by atoms with Crippen LogP contribution in [0.2, 0.25) is 0 Å². The van der Waals surface area contributed by atoms with Gasteiger partial charge in [0.25, 0.3) is 21.9 Å². The van der Waals surface area contributed by atoms with Crippen molar-refractivity contribution in [2.75, 3.05) is 10.6 Å². The molecule has 222 valence electrons. The smallest absolute Gasteiger partial charge is 0.322 e. The number of aryl methyl sites for hydroxylation is 1. The number of hydrogen-bond acceptors (Lipinski definition) is 6. The Kier molecular flexibility index (Phi) is 8.99. The Hall–Kier alpha value is -4.59. The van der Waals surface area contributed by atoms with Gasteiger partial charge in [0.1, 0.15) is 9.90 Å². The predicted octanol–water partition coefficient (Wildman–Crippen LogP) is 7.33. The third kappa shape index (κ3) is 7.44. The van der Waals surface area contributed by atoms with Crippen LogP contribution in [-0.2, 0) is 14.9 Å². The van der Waals surface area contributed by atoms with Crippen molar-refractivity contribution < 1.29 is 35.7 Å². The first-order valence-corrected chi connectivity index (χ1v) is 14.7. The molecule has 4 aromatic rings. The Labute approximate surface area is 249 Å². The molecule has 0 aliphatic rings. The van der Waals surface area contributed by atoms with Crippen molar-refractivity contribution in [2.45, 2.75) is 24.9 Å². The van der Waals surface area contributed by atoms with Gasteiger partial charge in [0.05, 0.1) is 10.2 Å². The lowest BCUT2D eigenvalue weighted by Gasteiger charge is -2.09. The third-order valence-corrected chi connectivity index (χ3v) is 8.47. The molecule has 0 fully saturated rings. The van der Waals surface area contributed by atoms with E-state index in [1.807, 2.05) is 0 Å². The molecule has 0 atom stereocenters. The van der Waals surface area contributed by atoms with Crippen molar-refractivity contribution in [1.82, 2.24) is 4.98 Å². The normalized spacial score (nSPS) is 12.5. The zero-order valence-corrected chi connectivity index (χ0v) is 24.3. The third-order valence-electron chi connectivity index (χ3n) is 6.16. The fourth-order valence-corrected chi connectivity index (χ4v) is 6.22. The molecule has 0 radical (unpaired) electrons. The van der Waals surface area contributed by atoms with Gasteiger partial charge in [0.15, 0.2) is 0 Å². The van der Waals surface area contributed by atoms with E-state index in [0.717, 1.165) is 17.4 Å². The van der Waals surface area contributed by atoms with Crippen LogP contribution in [0.1, 0.15) is 22.8 Å². The Balaban J connectivity index is 1.41. The van der Waals surface area contributed by atoms with E-state index in [2.05, 4.69) is 22.2 Å². The zero-order valence-electron chi connectivity index (χ0n) is 22.7. The van der Waals surface area contributed by atoms with Crippen molar-refractivity contribution in [1.29, 1.82) is 0 Å². The minimum Gasteiger partial charge on any atom is -0.322 e. The first-order chi connectivity index (χ1) is 20.2. The van der Waals surface area contributed by atoms with Gasteiger partial charge in [-0.25, -0.2) is 4.98 Å². The molecule has 43 heavy (non-hydrogen) atoms. The van der Waals surface area contributed by atoms with Gasteiger partial charge >= 0.3 is 6.18 Å². The molecule has 0 bridgehead atoms. The number of allylic oxidation sites excluding steroid dienone is 3. The summed E-state index contributed by atoms with van der Waals surface area (Å²) in [4.78, 5) is 29.5. The van der Waals surface area contributed by atoms with Crippen molar-refractivity contribution in [3.05, 3.63) is 108 Å². The number of fused-ring (bicyclic) bond motifs is 1. The number of aromatic nitrogens is 1. The molecule has 1 aromatic heterocycles. The number of anilines is 2. The maximum atomic E-state index is 12.8. The van der Waals surface area contributed by atoms with E-state index in [1.165, 1.54) is 37.3 Å². The standard InChI is InChI=1S/C30H24F3N3O5S2/c1-4-19(7-6-18(3)30(31,32)33)27(37)34-22-12-8-20(9-13-22)28(38)35-23-14-10-21(11-15-23)29-36-24-16-5-17(2)26(25(24)42-29)43(39,40)41/h4-16H,3H2,1-2H3,(H,34,37)(H,35,38)(H,39,40,41). The molecule has 0 unspecified atom stereocenters. The number of rotatable bonds is 8. The molecule has 0 aliphatic heterocycles. The van der Waals surface area contributed by atoms with Crippen LogP contribution in [0.25, 0.3) is 20.8 Å². The van der Waals surface area contributed by atoms with Gasteiger partial charge in [-0.3, -0.25) is 14.1 Å². The van der Waals surface area contributed by atoms with Crippen LogP contribution in [-0.4, -0.2) is 35.9 Å². The molecular weight excluding hydrogens is 603 g/mol. The maximum Gasteiger partial charge on any atom is 0.415 e. The first kappa shape index (κ1) is 31.3. The number of carbonyl (C=O) groups is 2. The van der Waals surface area contributed by atoms with Gasteiger partial charge in [-0.15, -0.1) is 11.3 Å². The van der Waals surface area contributed by atoms with Crippen LogP contribution >= 0.6 is 11.3 Å². The van der Waals surface area contributed by atoms with Crippen LogP contribution in [0.5, 0.6) is 0 Å². The zero-order chi connectivity index (χ0) is 31.5. The topological polar surface area (TPSA) is 125 Å². The number of nitrogens with zero attached hydrogens (tertiary/aromatic N) is 1. The first-order valence-electron chi connectivity index (χ1n) is 12.5. The van der Waals surface area contributed by atoms with E-state index in [1.54, 1.807) is 43.3 Å². The Morgan fingerprint density at radius 2 is 1.56 bits per heavy atom. The lowest BCUT2D eigenvalue weighted by Crippen LogP contribution is -2.15. The van der Waals surface area contributed by atoms with Gasteiger partial charge in [0.2, 0.25) is 0 Å². The number of amides is 2. The SMILES string of the molecule is C=C(C=CC(=CC)C(=O)Nc1ccc(C(=O)Nc2ccc(-c3nc4ccc(C)c(S(=O)(=O)O)c4s3)cc2)cc1)C(F)(F)F. The number of carbonyl (C=O) groups excluding carboxylic acids is 2. The number of halogens is 3. The van der Waals surface area contributed by atoms with Crippen LogP contribution in [0.3, 0.4) is 0 Å². The maximum absolute atomic E-state index is 12.8. The summed E-state index contributed by atoms with van der Waals surface area (Å²) >= 11 is 1.12. The highest BCUT2D eigenvalue weighted by Gasteiger charge is 2.30. The summed E-state index contributed by atoms with van der Waals surface area (Å²) in [6.45, 7) is 6.03. The van der Waals surface area contributed by atoms with Crippen molar-refractivity contribution in [2.24, 2.45) is 0 Å². The molecule has 1 heterocycles. The largest absolute Gasteiger partial charge is 0.415 e. The molecule has 0 aliphatic carbocycles. The summed E-state index contributed by atoms with van der Waals surface area (Å²) in [6, 6.07) is 15.9. The predicted molar refractivity (Wildman–Crippen MR) is 161 cm³/mol. The number of alkyl halides is 3. The number of benzene rings is 3. The van der Waals surface area contributed by atoms with E-state index >= 15 is 0 Å². The lowest BCUT2D eigenvalue weighted by molar-refractivity contribution is -0.112. The molecule has 0 saturated heterocycles. The van der Waals surface area contributed by atoms with E-state index < -0.39 is 33.7 Å². The molecule has 8 nitrogen and oxygen atoms in total. The fourth-order valence-electron chi connectivity index (χ4n) is 3.91. The second-order valence-electron chi connectivity index (χ2n) is 9.22. The highest BCUT2D eigenvalue weighted by Crippen LogP contribution is 2.36. The van der Waals surface area contributed by atoms with Gasteiger partial charge in [-0.05, 0) is 86.2 Å². The monoisotopic (exact) mass is 627 g/mol. The minimum atomic E-state index is -4.60. The molecule has 4 rings (SSSR count). The fraction of sp³-hybridized carbons (Fsp3) is 0.100. The number of hydrogen-bond donors (Lipinski definition) is 3. The van der Waals surface area contributed by atoms with E-state index in [-0.39, 0.29) is 16.0 Å². The van der Waals surface area contributed by atoms with Crippen LogP contribution in [0, 0.1) is 6.92 Å². The van der Waals surface area contributed by atoms with Crippen molar-refractivity contribution in [3.8, 4) is 10.6 Å². The summed E-state index contributed by atoms with van der Waals surface area (Å²) < 4.78 is 71.7. The number of nitrogens with one attached hydrogen (secondary N) is 2. The van der Waals surface area contributed by atoms with Crippen LogP contribution in [0.4, 0.5) is 24.5 Å². The van der Waals surface area contributed by atoms with Gasteiger partial charge < -0.3 is 10.6 Å². The lowest BCUT2D eigenvalue weighted by atomic mass is 10.1. The molecule has 0 spiro atoms. The van der Waals surface area contributed by atoms with Gasteiger partial charge in [0, 0.05) is 33.6 Å². The molecule has 3 N–H and O–H groups in total. The highest BCUT2D eigenvalue weighted by atomic mass is 32.2. The Morgan fingerprint density at radius 3 is 2.14 bits per heavy atom. The summed E-state index contributed by atoms with van der Waals surface area (Å²) in [5.74, 6) is -1.06. The number of thiazole rings is 1. The summed E-state index contributed by atoms with van der Waals surface area (Å²) in [5.41, 5.74) is 1.51. The van der Waals surface area contributed by atoms with E-state index in [9.17, 15) is 35.7 Å².